The van der Waals surface area contributed by atoms with E-state index in [2.05, 4.69) is 16.9 Å². The lowest BCUT2D eigenvalue weighted by molar-refractivity contribution is 0.134. The molecule has 1 fully saturated rings. The number of hydrogen-bond donors (Lipinski definition) is 1. The Morgan fingerprint density at radius 2 is 2.17 bits per heavy atom. The molecule has 96 valence electrons. The lowest BCUT2D eigenvalue weighted by Gasteiger charge is -2.38. The molecule has 2 N–H and O–H groups in total. The fourth-order valence-corrected chi connectivity index (χ4v) is 2.59. The van der Waals surface area contributed by atoms with Gasteiger partial charge in [-0.2, -0.15) is 4.98 Å². The summed E-state index contributed by atoms with van der Waals surface area (Å²) in [7, 11) is 1.62. The number of hydrogen-bond acceptors (Lipinski definition) is 4. The summed E-state index contributed by atoms with van der Waals surface area (Å²) in [5.41, 5.74) is 7.99. The molecule has 0 unspecified atom stereocenters. The van der Waals surface area contributed by atoms with Gasteiger partial charge in [0.2, 0.25) is 11.8 Å². The van der Waals surface area contributed by atoms with Crippen LogP contribution in [0.3, 0.4) is 0 Å². The second-order valence-corrected chi connectivity index (χ2v) is 5.42. The summed E-state index contributed by atoms with van der Waals surface area (Å²) < 4.78 is 7.17. The van der Waals surface area contributed by atoms with Crippen LogP contribution >= 0.6 is 0 Å². The molecule has 2 aromatic heterocycles. The molecule has 1 saturated carbocycles. The largest absolute Gasteiger partial charge is 0.481 e. The highest BCUT2D eigenvalue weighted by molar-refractivity contribution is 5.74. The molecule has 5 nitrogen and oxygen atoms in total. The molecule has 2 aromatic rings. The van der Waals surface area contributed by atoms with Gasteiger partial charge in [0.15, 0.2) is 5.65 Å². The first-order valence-electron chi connectivity index (χ1n) is 6.28. The van der Waals surface area contributed by atoms with Crippen molar-refractivity contribution in [3.63, 3.8) is 0 Å². The molecule has 0 spiro atoms. The van der Waals surface area contributed by atoms with E-state index in [1.54, 1.807) is 7.11 Å². The minimum Gasteiger partial charge on any atom is -0.481 e. The molecule has 2 heterocycles. The molecule has 0 aliphatic heterocycles. The number of rotatable bonds is 3. The number of anilines is 1. The minimum absolute atomic E-state index is 0.340. The minimum atomic E-state index is 0.340. The van der Waals surface area contributed by atoms with E-state index in [0.29, 0.717) is 17.2 Å². The van der Waals surface area contributed by atoms with Crippen LogP contribution in [0.25, 0.3) is 11.2 Å². The van der Waals surface area contributed by atoms with Gasteiger partial charge < -0.3 is 10.5 Å². The summed E-state index contributed by atoms with van der Waals surface area (Å²) in [5, 5.41) is 0. The quantitative estimate of drug-likeness (QED) is 0.901. The standard InChI is InChI=1S/C13H18N4O/c1-13(6-3-7-13)8-17-11-9(15-12(17)14)4-5-10(16-11)18-2/h4-5H,3,6-8H2,1-2H3,(H2,14,15). The van der Waals surface area contributed by atoms with Crippen molar-refractivity contribution >= 4 is 17.1 Å². The van der Waals surface area contributed by atoms with Crippen molar-refractivity contribution < 1.29 is 4.74 Å². The molecule has 0 amide bonds. The predicted molar refractivity (Wildman–Crippen MR) is 70.5 cm³/mol. The van der Waals surface area contributed by atoms with Gasteiger partial charge in [-0.3, -0.25) is 4.57 Å². The highest BCUT2D eigenvalue weighted by Gasteiger charge is 2.33. The lowest BCUT2D eigenvalue weighted by atomic mass is 9.70. The summed E-state index contributed by atoms with van der Waals surface area (Å²) in [6.07, 6.45) is 3.80. The highest BCUT2D eigenvalue weighted by Crippen LogP contribution is 2.42. The number of imidazole rings is 1. The molecular weight excluding hydrogens is 228 g/mol. The van der Waals surface area contributed by atoms with Gasteiger partial charge >= 0.3 is 0 Å². The Morgan fingerprint density at radius 3 is 2.78 bits per heavy atom. The summed E-state index contributed by atoms with van der Waals surface area (Å²) in [4.78, 5) is 8.81. The van der Waals surface area contributed by atoms with E-state index in [1.807, 2.05) is 16.7 Å². The van der Waals surface area contributed by atoms with E-state index in [9.17, 15) is 0 Å². The van der Waals surface area contributed by atoms with Gasteiger partial charge in [-0.05, 0) is 24.3 Å². The van der Waals surface area contributed by atoms with Gasteiger partial charge in [0.05, 0.1) is 7.11 Å². The van der Waals surface area contributed by atoms with Crippen molar-refractivity contribution in [2.75, 3.05) is 12.8 Å². The van der Waals surface area contributed by atoms with Crippen molar-refractivity contribution in [3.05, 3.63) is 12.1 Å². The summed E-state index contributed by atoms with van der Waals surface area (Å²) in [5.74, 6) is 1.14. The van der Waals surface area contributed by atoms with Gasteiger partial charge in [0.1, 0.15) is 5.52 Å². The Kier molecular flexibility index (Phi) is 2.43. The number of ether oxygens (including phenoxy) is 1. The smallest absolute Gasteiger partial charge is 0.215 e. The van der Waals surface area contributed by atoms with Gasteiger partial charge in [0.25, 0.3) is 0 Å². The Balaban J connectivity index is 2.05. The monoisotopic (exact) mass is 246 g/mol. The van der Waals surface area contributed by atoms with E-state index >= 15 is 0 Å². The van der Waals surface area contributed by atoms with Crippen LogP contribution in [0.4, 0.5) is 5.95 Å². The van der Waals surface area contributed by atoms with Crippen molar-refractivity contribution in [2.45, 2.75) is 32.7 Å². The molecule has 0 atom stereocenters. The van der Waals surface area contributed by atoms with Crippen LogP contribution in [0.2, 0.25) is 0 Å². The highest BCUT2D eigenvalue weighted by atomic mass is 16.5. The first-order valence-corrected chi connectivity index (χ1v) is 6.28. The van der Waals surface area contributed by atoms with E-state index in [0.717, 1.165) is 17.7 Å². The van der Waals surface area contributed by atoms with E-state index in [4.69, 9.17) is 10.5 Å². The molecule has 0 aromatic carbocycles. The normalized spacial score (nSPS) is 17.7. The average molecular weight is 246 g/mol. The second-order valence-electron chi connectivity index (χ2n) is 5.42. The molecular formula is C13H18N4O. The number of nitrogens with zero attached hydrogens (tertiary/aromatic N) is 3. The number of aromatic nitrogens is 3. The Hall–Kier alpha value is -1.78. The number of fused-ring (bicyclic) bond motifs is 1. The molecule has 5 heteroatoms. The Bertz CT molecular complexity index is 586. The van der Waals surface area contributed by atoms with Gasteiger partial charge in [-0.1, -0.05) is 13.3 Å². The number of pyridine rings is 1. The molecule has 3 rings (SSSR count). The van der Waals surface area contributed by atoms with Crippen LogP contribution < -0.4 is 10.5 Å². The zero-order chi connectivity index (χ0) is 12.8. The van der Waals surface area contributed by atoms with Crippen LogP contribution in [0.5, 0.6) is 5.88 Å². The van der Waals surface area contributed by atoms with Crippen LogP contribution in [0, 0.1) is 5.41 Å². The number of methoxy groups -OCH3 is 1. The third-order valence-electron chi connectivity index (χ3n) is 3.91. The maximum atomic E-state index is 6.00. The first-order chi connectivity index (χ1) is 8.61. The van der Waals surface area contributed by atoms with Gasteiger partial charge in [-0.15, -0.1) is 0 Å². The maximum Gasteiger partial charge on any atom is 0.215 e. The van der Waals surface area contributed by atoms with Crippen LogP contribution in [0.1, 0.15) is 26.2 Å². The molecule has 1 aliphatic carbocycles. The van der Waals surface area contributed by atoms with Crippen molar-refractivity contribution in [1.82, 2.24) is 14.5 Å². The molecule has 18 heavy (non-hydrogen) atoms. The predicted octanol–water partition coefficient (Wildman–Crippen LogP) is 2.21. The summed E-state index contributed by atoms with van der Waals surface area (Å²) >= 11 is 0. The Morgan fingerprint density at radius 1 is 1.39 bits per heavy atom. The van der Waals surface area contributed by atoms with E-state index < -0.39 is 0 Å². The van der Waals surface area contributed by atoms with Crippen LogP contribution in [0.15, 0.2) is 12.1 Å². The SMILES string of the molecule is COc1ccc2nc(N)n(CC3(C)CCC3)c2n1. The van der Waals surface area contributed by atoms with E-state index in [1.165, 1.54) is 19.3 Å². The third-order valence-corrected chi connectivity index (χ3v) is 3.91. The maximum absolute atomic E-state index is 6.00. The summed E-state index contributed by atoms with van der Waals surface area (Å²) in [6.45, 7) is 3.18. The molecule has 1 aliphatic rings. The van der Waals surface area contributed by atoms with Crippen molar-refractivity contribution in [2.24, 2.45) is 5.41 Å². The second kappa shape index (κ2) is 3.86. The fraction of sp³-hybridized carbons (Fsp3) is 0.538. The molecule has 0 bridgehead atoms. The average Bonchev–Trinajstić information content (AvgIpc) is 2.63. The molecule has 0 radical (unpaired) electrons. The van der Waals surface area contributed by atoms with E-state index in [-0.39, 0.29) is 0 Å². The molecule has 0 saturated heterocycles. The third kappa shape index (κ3) is 1.70. The Labute approximate surface area is 106 Å². The fourth-order valence-electron chi connectivity index (χ4n) is 2.59. The van der Waals surface area contributed by atoms with Crippen LogP contribution in [-0.2, 0) is 6.54 Å². The van der Waals surface area contributed by atoms with Crippen LogP contribution in [-0.4, -0.2) is 21.6 Å². The first kappa shape index (κ1) is 11.3. The topological polar surface area (TPSA) is 66.0 Å². The lowest BCUT2D eigenvalue weighted by Crippen LogP contribution is -2.31. The zero-order valence-electron chi connectivity index (χ0n) is 10.8. The van der Waals surface area contributed by atoms with Gasteiger partial charge in [0, 0.05) is 12.6 Å². The number of nitrogens with two attached hydrogens (primary N) is 1. The van der Waals surface area contributed by atoms with Crippen molar-refractivity contribution in [1.29, 1.82) is 0 Å². The van der Waals surface area contributed by atoms with Gasteiger partial charge in [-0.25, -0.2) is 4.98 Å². The zero-order valence-corrected chi connectivity index (χ0v) is 10.8. The number of nitrogen functional groups attached to an aromatic ring is 1. The summed E-state index contributed by atoms with van der Waals surface area (Å²) in [6, 6.07) is 3.71. The van der Waals surface area contributed by atoms with Crippen molar-refractivity contribution in [3.8, 4) is 5.88 Å².